The third-order valence-electron chi connectivity index (χ3n) is 15.3. The number of imidazole rings is 2. The van der Waals surface area contributed by atoms with Crippen molar-refractivity contribution in [1.82, 2.24) is 49.3 Å². The molecule has 4 saturated heterocycles. The number of nitrogens with one attached hydrogen (secondary N) is 6. The molecule has 2 unspecified atom stereocenters. The minimum atomic E-state index is -0.366. The monoisotopic (exact) mass is 1130 g/mol. The summed E-state index contributed by atoms with van der Waals surface area (Å²) in [5.41, 5.74) is 9.25. The fraction of sp³-hybridized carbons (Fsp3) is 0.586. The molecule has 4 aliphatic heterocycles. The molecule has 0 bridgehead atoms. The van der Waals surface area contributed by atoms with Crippen LogP contribution in [0.15, 0.2) is 61.2 Å². The molecule has 0 radical (unpaired) electrons. The van der Waals surface area contributed by atoms with Gasteiger partial charge >= 0.3 is 5.97 Å². The first-order valence-corrected chi connectivity index (χ1v) is 29.4. The molecule has 0 spiro atoms. The minimum absolute atomic E-state index is 0.0576. The van der Waals surface area contributed by atoms with E-state index in [9.17, 15) is 9.59 Å². The number of aromatic nitrogens is 8. The van der Waals surface area contributed by atoms with Crippen LogP contribution in [0.4, 0.5) is 34.9 Å². The molecule has 24 heteroatoms. The predicted molar refractivity (Wildman–Crippen MR) is 316 cm³/mol. The van der Waals surface area contributed by atoms with Crippen LogP contribution in [0.2, 0.25) is 0 Å². The van der Waals surface area contributed by atoms with E-state index in [-0.39, 0.29) is 24.1 Å². The molecule has 6 aromatic rings. The largest absolute Gasteiger partial charge is 0.494 e. The lowest BCUT2D eigenvalue weighted by Crippen LogP contribution is -2.37. The van der Waals surface area contributed by atoms with Gasteiger partial charge < -0.3 is 59.8 Å². The van der Waals surface area contributed by atoms with E-state index in [2.05, 4.69) is 75.1 Å². The summed E-state index contributed by atoms with van der Waals surface area (Å²) in [6, 6.07) is 16.4. The van der Waals surface area contributed by atoms with Gasteiger partial charge in [-0.1, -0.05) is 31.3 Å². The lowest BCUT2D eigenvalue weighted by molar-refractivity contribution is -0.144. The highest BCUT2D eigenvalue weighted by Gasteiger charge is 2.25. The SMILES string of the molecule is CN1CCC(Nc2nc(Nc3ccc(OCCCCCCC(=O)C4CCCCO4)cc3)nc3c2ncn3C2CCCCO2)CC1.CN1CCC(Nc2nc(Nc3ccc(OCCCCCCC(=O)ON)cc3)nc3nc[nH]c23)CC1.N=O. The van der Waals surface area contributed by atoms with Crippen molar-refractivity contribution in [3.63, 3.8) is 0 Å². The Morgan fingerprint density at radius 2 is 1.20 bits per heavy atom. The van der Waals surface area contributed by atoms with Crippen molar-refractivity contribution < 1.29 is 33.4 Å². The van der Waals surface area contributed by atoms with Crippen LogP contribution in [0.1, 0.15) is 135 Å². The molecule has 2 atom stereocenters. The van der Waals surface area contributed by atoms with Gasteiger partial charge in [-0.2, -0.15) is 30.7 Å². The number of hydrogen-bond donors (Lipinski definition) is 7. The summed E-state index contributed by atoms with van der Waals surface area (Å²) in [6.45, 7) is 7.03. The van der Waals surface area contributed by atoms with Crippen molar-refractivity contribution in [1.29, 1.82) is 5.59 Å². The fourth-order valence-corrected chi connectivity index (χ4v) is 10.5. The van der Waals surface area contributed by atoms with Crippen LogP contribution in [-0.2, 0) is 23.9 Å². The van der Waals surface area contributed by atoms with Crippen LogP contribution in [0.3, 0.4) is 0 Å². The molecule has 82 heavy (non-hydrogen) atoms. The van der Waals surface area contributed by atoms with E-state index in [4.69, 9.17) is 49.7 Å². The van der Waals surface area contributed by atoms with E-state index in [1.807, 2.05) is 54.9 Å². The van der Waals surface area contributed by atoms with Crippen LogP contribution in [0, 0.1) is 10.5 Å². The van der Waals surface area contributed by atoms with Crippen molar-refractivity contribution in [2.45, 2.75) is 153 Å². The zero-order valence-corrected chi connectivity index (χ0v) is 47.8. The molecule has 2 aromatic carbocycles. The van der Waals surface area contributed by atoms with Crippen molar-refractivity contribution in [2.24, 2.45) is 5.90 Å². The third kappa shape index (κ3) is 18.7. The van der Waals surface area contributed by atoms with E-state index >= 15 is 0 Å². The van der Waals surface area contributed by atoms with Gasteiger partial charge in [-0.3, -0.25) is 14.2 Å². The van der Waals surface area contributed by atoms with Gasteiger partial charge in [0.25, 0.3) is 0 Å². The van der Waals surface area contributed by atoms with Crippen molar-refractivity contribution in [2.75, 3.05) is 88.0 Å². The molecule has 8 N–H and O–H groups in total. The van der Waals surface area contributed by atoms with Crippen LogP contribution in [0.25, 0.3) is 22.3 Å². The number of Topliss-reactive ketones (excluding diaryl/α,β-unsaturated/α-hetero) is 1. The summed E-state index contributed by atoms with van der Waals surface area (Å²) in [7, 11) is 4.32. The number of likely N-dealkylation sites (tertiary alicyclic amines) is 2. The van der Waals surface area contributed by atoms with Gasteiger partial charge in [0, 0.05) is 49.5 Å². The Bertz CT molecular complexity index is 2850. The first-order chi connectivity index (χ1) is 40.2. The summed E-state index contributed by atoms with van der Waals surface area (Å²) in [4.78, 5) is 70.9. The number of unbranched alkanes of at least 4 members (excludes halogenated alkanes) is 6. The molecule has 4 aromatic heterocycles. The van der Waals surface area contributed by atoms with Gasteiger partial charge in [0.1, 0.15) is 29.3 Å². The molecule has 24 nitrogen and oxygen atoms in total. The number of benzene rings is 2. The predicted octanol–water partition coefficient (Wildman–Crippen LogP) is 9.92. The standard InChI is InChI=1S/C34H49N7O4.C24H34N8O3.HNO/c1-40-19-17-26(18-20-40)36-32-31-33(41(24-35-31)30-12-6-9-23-45-30)39-34(38-32)37-25-13-15-27(16-14-25)43-21-7-3-2-4-10-28(42)29-11-5-8-22-44-29;1-32-13-11-18(12-14-32)28-23-21-22(27-16-26-21)30-24(31-23)29-17-7-9-19(10-8-17)34-15-5-3-2-4-6-20(33)35-25;1-2/h13-16,24,26,29-30H,2-12,17-23H2,1H3,(H2,36,37,38,39);7-10,16,18H,2-6,11-15,25H2,1H3,(H3,26,27,28,29,30,31);1H. The van der Waals surface area contributed by atoms with Gasteiger partial charge in [0.05, 0.1) is 25.9 Å². The highest BCUT2D eigenvalue weighted by molar-refractivity contribution is 5.86. The van der Waals surface area contributed by atoms with Gasteiger partial charge in [-0.25, -0.2) is 9.97 Å². The maximum atomic E-state index is 12.3. The fourth-order valence-electron chi connectivity index (χ4n) is 10.5. The van der Waals surface area contributed by atoms with Gasteiger partial charge in [0.15, 0.2) is 34.2 Å². The first-order valence-electron chi connectivity index (χ1n) is 29.4. The van der Waals surface area contributed by atoms with Crippen molar-refractivity contribution in [3.05, 3.63) is 66.1 Å². The van der Waals surface area contributed by atoms with Gasteiger partial charge in [0.2, 0.25) is 11.9 Å². The highest BCUT2D eigenvalue weighted by Crippen LogP contribution is 2.31. The smallest absolute Gasteiger partial charge is 0.324 e. The lowest BCUT2D eigenvalue weighted by Gasteiger charge is -2.30. The number of piperidine rings is 2. The second-order valence-corrected chi connectivity index (χ2v) is 21.6. The molecule has 0 aliphatic carbocycles. The normalized spacial score (nSPS) is 18.1. The van der Waals surface area contributed by atoms with E-state index < -0.39 is 0 Å². The molecule has 4 fully saturated rings. The molecule has 8 heterocycles. The van der Waals surface area contributed by atoms with Gasteiger partial charge in [-0.15, -0.1) is 0 Å². The number of carbonyl (C=O) groups excluding carboxylic acids is 2. The molecular formula is C58H84N16O8. The summed E-state index contributed by atoms with van der Waals surface area (Å²) in [5.74, 6) is 8.92. The molecule has 0 saturated carbocycles. The maximum absolute atomic E-state index is 12.3. The van der Waals surface area contributed by atoms with Crippen LogP contribution < -0.4 is 36.6 Å². The number of ketones is 1. The van der Waals surface area contributed by atoms with E-state index in [0.29, 0.717) is 55.7 Å². The molecule has 4 aliphatic rings. The maximum Gasteiger partial charge on any atom is 0.324 e. The average molecular weight is 1130 g/mol. The summed E-state index contributed by atoms with van der Waals surface area (Å²) in [6.07, 6.45) is 22.4. The Kier molecular flexibility index (Phi) is 24.2. The van der Waals surface area contributed by atoms with E-state index in [1.54, 1.807) is 6.33 Å². The highest BCUT2D eigenvalue weighted by atomic mass is 16.7. The number of nitrogens with zero attached hydrogens (tertiary/aromatic N) is 9. The van der Waals surface area contributed by atoms with E-state index in [1.165, 1.54) is 0 Å². The quantitative estimate of drug-likeness (QED) is 0.0151. The van der Waals surface area contributed by atoms with Crippen LogP contribution in [-0.4, -0.2) is 146 Å². The zero-order chi connectivity index (χ0) is 57.3. The Labute approximate surface area is 479 Å². The molecule has 0 amide bonds. The number of carbonyl (C=O) groups is 2. The molecular weight excluding hydrogens is 1050 g/mol. The second-order valence-electron chi connectivity index (χ2n) is 21.6. The summed E-state index contributed by atoms with van der Waals surface area (Å²) >= 11 is 0. The Balaban J connectivity index is 0.000000215. The zero-order valence-electron chi connectivity index (χ0n) is 47.8. The number of rotatable bonds is 26. The Morgan fingerprint density at radius 3 is 1.77 bits per heavy atom. The van der Waals surface area contributed by atoms with Crippen LogP contribution >= 0.6 is 0 Å². The van der Waals surface area contributed by atoms with Crippen molar-refractivity contribution >= 4 is 69.0 Å². The number of aromatic amines is 1. The first kappa shape index (κ1) is 61.0. The third-order valence-corrected chi connectivity index (χ3v) is 15.3. The topological polar surface area (TPSA) is 300 Å². The van der Waals surface area contributed by atoms with Gasteiger partial charge in [-0.05, 0) is 179 Å². The number of H-pyrrole nitrogens is 1. The number of nitrogens with two attached hydrogens (primary N) is 1. The Morgan fingerprint density at radius 1 is 0.646 bits per heavy atom. The second kappa shape index (κ2) is 32.5. The number of ether oxygens (including phenoxy) is 4. The molecule has 10 rings (SSSR count). The number of hydrogen-bond acceptors (Lipinski definition) is 22. The molecule has 444 valence electrons. The number of nitroso groups, excluding NO2 is 1. The lowest BCUT2D eigenvalue weighted by atomic mass is 10.0. The average Bonchev–Trinajstić information content (AvgIpc) is 4.25. The van der Waals surface area contributed by atoms with E-state index in [0.717, 1.165) is 206 Å². The Hall–Kier alpha value is -7.12. The summed E-state index contributed by atoms with van der Waals surface area (Å²) in [5, 5.41) is 13.9. The minimum Gasteiger partial charge on any atom is -0.494 e. The van der Waals surface area contributed by atoms with Crippen LogP contribution in [0.5, 0.6) is 11.5 Å². The van der Waals surface area contributed by atoms with Crippen molar-refractivity contribution in [3.8, 4) is 11.5 Å². The number of anilines is 6. The summed E-state index contributed by atoms with van der Waals surface area (Å²) < 4.78 is 25.6. The number of fused-ring (bicyclic) bond motifs is 2.